The summed E-state index contributed by atoms with van der Waals surface area (Å²) in [4.78, 5) is 2.57. The van der Waals surface area contributed by atoms with Crippen LogP contribution in [0.1, 0.15) is 31.7 Å². The standard InChI is InChI=1S/C16H26N2O.ClH/c1-13(17)16-5-3-4-11-18(16)12-10-14-6-8-15(19-2)9-7-14;/h6-9,13,16H,3-5,10-12,17H2,1-2H3;1H. The summed E-state index contributed by atoms with van der Waals surface area (Å²) in [5.41, 5.74) is 7.48. The Kier molecular flexibility index (Phi) is 7.35. The van der Waals surface area contributed by atoms with Gasteiger partial charge in [-0.25, -0.2) is 0 Å². The Morgan fingerprint density at radius 2 is 2.00 bits per heavy atom. The van der Waals surface area contributed by atoms with Crippen molar-refractivity contribution in [1.29, 1.82) is 0 Å². The number of benzene rings is 1. The van der Waals surface area contributed by atoms with Crippen LogP contribution in [0.25, 0.3) is 0 Å². The van der Waals surface area contributed by atoms with E-state index in [2.05, 4.69) is 24.0 Å². The maximum atomic E-state index is 6.11. The summed E-state index contributed by atoms with van der Waals surface area (Å²) in [5, 5.41) is 0. The van der Waals surface area contributed by atoms with Gasteiger partial charge in [0.1, 0.15) is 5.75 Å². The van der Waals surface area contributed by atoms with E-state index in [4.69, 9.17) is 10.5 Å². The molecule has 1 fully saturated rings. The van der Waals surface area contributed by atoms with Crippen LogP contribution < -0.4 is 10.5 Å². The number of rotatable bonds is 5. The molecule has 1 aromatic carbocycles. The summed E-state index contributed by atoms with van der Waals surface area (Å²) in [6.07, 6.45) is 4.98. The van der Waals surface area contributed by atoms with Crippen LogP contribution in [0.4, 0.5) is 0 Å². The predicted octanol–water partition coefficient (Wildman–Crippen LogP) is 2.86. The van der Waals surface area contributed by atoms with Gasteiger partial charge in [0.25, 0.3) is 0 Å². The summed E-state index contributed by atoms with van der Waals surface area (Å²) in [7, 11) is 1.70. The highest BCUT2D eigenvalue weighted by Gasteiger charge is 2.24. The number of hydrogen-bond donors (Lipinski definition) is 1. The Hall–Kier alpha value is -0.770. The molecule has 20 heavy (non-hydrogen) atoms. The average Bonchev–Trinajstić information content (AvgIpc) is 2.46. The molecule has 2 rings (SSSR count). The third-order valence-corrected chi connectivity index (χ3v) is 4.12. The van der Waals surface area contributed by atoms with Crippen LogP contribution >= 0.6 is 12.4 Å². The number of nitrogens with zero attached hydrogens (tertiary/aromatic N) is 1. The average molecular weight is 299 g/mol. The van der Waals surface area contributed by atoms with E-state index in [0.717, 1.165) is 18.7 Å². The van der Waals surface area contributed by atoms with Crippen molar-refractivity contribution in [1.82, 2.24) is 4.90 Å². The second-order valence-corrected chi connectivity index (χ2v) is 5.56. The highest BCUT2D eigenvalue weighted by molar-refractivity contribution is 5.85. The number of nitrogens with two attached hydrogens (primary N) is 1. The lowest BCUT2D eigenvalue weighted by atomic mass is 9.96. The molecule has 0 bridgehead atoms. The Bertz CT molecular complexity index is 381. The van der Waals surface area contributed by atoms with Crippen molar-refractivity contribution in [3.8, 4) is 5.75 Å². The summed E-state index contributed by atoms with van der Waals surface area (Å²) in [5.74, 6) is 0.926. The van der Waals surface area contributed by atoms with Gasteiger partial charge in [-0.1, -0.05) is 18.6 Å². The summed E-state index contributed by atoms with van der Waals surface area (Å²) >= 11 is 0. The number of piperidine rings is 1. The molecule has 1 heterocycles. The number of halogens is 1. The molecule has 114 valence electrons. The normalized spacial score (nSPS) is 21.1. The van der Waals surface area contributed by atoms with E-state index in [9.17, 15) is 0 Å². The topological polar surface area (TPSA) is 38.5 Å². The first-order valence-corrected chi connectivity index (χ1v) is 7.33. The van der Waals surface area contributed by atoms with Gasteiger partial charge in [-0.3, -0.25) is 4.90 Å². The number of likely N-dealkylation sites (tertiary alicyclic amines) is 1. The highest BCUT2D eigenvalue weighted by Crippen LogP contribution is 2.20. The second kappa shape index (κ2) is 8.50. The van der Waals surface area contributed by atoms with Gasteiger partial charge in [-0.2, -0.15) is 0 Å². The van der Waals surface area contributed by atoms with Gasteiger partial charge in [0.15, 0.2) is 0 Å². The van der Waals surface area contributed by atoms with Gasteiger partial charge in [0, 0.05) is 18.6 Å². The van der Waals surface area contributed by atoms with Crippen molar-refractivity contribution in [2.24, 2.45) is 5.73 Å². The fraction of sp³-hybridized carbons (Fsp3) is 0.625. The molecule has 2 atom stereocenters. The Labute approximate surface area is 128 Å². The summed E-state index contributed by atoms with van der Waals surface area (Å²) in [6, 6.07) is 9.22. The Morgan fingerprint density at radius 1 is 1.30 bits per heavy atom. The molecule has 0 saturated carbocycles. The molecule has 0 spiro atoms. The van der Waals surface area contributed by atoms with Crippen LogP contribution in [0.15, 0.2) is 24.3 Å². The molecule has 0 radical (unpaired) electrons. The first-order chi connectivity index (χ1) is 9.20. The minimum Gasteiger partial charge on any atom is -0.497 e. The largest absolute Gasteiger partial charge is 0.497 e. The molecule has 2 N–H and O–H groups in total. The van der Waals surface area contributed by atoms with E-state index in [-0.39, 0.29) is 18.4 Å². The number of hydrogen-bond acceptors (Lipinski definition) is 3. The smallest absolute Gasteiger partial charge is 0.118 e. The van der Waals surface area contributed by atoms with Gasteiger partial charge in [-0.05, 0) is 50.4 Å². The molecule has 1 aliphatic rings. The van der Waals surface area contributed by atoms with E-state index in [1.54, 1.807) is 7.11 Å². The van der Waals surface area contributed by atoms with Crippen LogP contribution in [-0.2, 0) is 6.42 Å². The molecule has 2 unspecified atom stereocenters. The van der Waals surface area contributed by atoms with Crippen LogP contribution in [0, 0.1) is 0 Å². The van der Waals surface area contributed by atoms with Gasteiger partial charge in [0.2, 0.25) is 0 Å². The SMILES string of the molecule is COc1ccc(CCN2CCCCC2C(C)N)cc1.Cl. The minimum absolute atomic E-state index is 0. The summed E-state index contributed by atoms with van der Waals surface area (Å²) < 4.78 is 5.19. The molecule has 3 nitrogen and oxygen atoms in total. The van der Waals surface area contributed by atoms with Crippen molar-refractivity contribution in [3.05, 3.63) is 29.8 Å². The third kappa shape index (κ3) is 4.65. The van der Waals surface area contributed by atoms with Crippen LogP contribution in [0.3, 0.4) is 0 Å². The third-order valence-electron chi connectivity index (χ3n) is 4.12. The maximum Gasteiger partial charge on any atom is 0.118 e. The monoisotopic (exact) mass is 298 g/mol. The predicted molar refractivity (Wildman–Crippen MR) is 86.8 cm³/mol. The van der Waals surface area contributed by atoms with Crippen LogP contribution in [-0.4, -0.2) is 37.2 Å². The lowest BCUT2D eigenvalue weighted by Crippen LogP contribution is -2.49. The van der Waals surface area contributed by atoms with Crippen molar-refractivity contribution in [2.45, 2.75) is 44.7 Å². The molecule has 1 aromatic rings. The van der Waals surface area contributed by atoms with E-state index in [1.165, 1.54) is 31.4 Å². The molecule has 1 aliphatic heterocycles. The highest BCUT2D eigenvalue weighted by atomic mass is 35.5. The van der Waals surface area contributed by atoms with E-state index in [1.807, 2.05) is 12.1 Å². The van der Waals surface area contributed by atoms with Gasteiger partial charge >= 0.3 is 0 Å². The lowest BCUT2D eigenvalue weighted by molar-refractivity contribution is 0.132. The number of methoxy groups -OCH3 is 1. The molecule has 1 saturated heterocycles. The Morgan fingerprint density at radius 3 is 2.60 bits per heavy atom. The van der Waals surface area contributed by atoms with Gasteiger partial charge in [-0.15, -0.1) is 12.4 Å². The van der Waals surface area contributed by atoms with Crippen molar-refractivity contribution < 1.29 is 4.74 Å². The quantitative estimate of drug-likeness (QED) is 0.908. The second-order valence-electron chi connectivity index (χ2n) is 5.56. The molecule has 0 aliphatic carbocycles. The maximum absolute atomic E-state index is 6.11. The van der Waals surface area contributed by atoms with Crippen molar-refractivity contribution in [3.63, 3.8) is 0 Å². The van der Waals surface area contributed by atoms with E-state index >= 15 is 0 Å². The molecule has 0 amide bonds. The molecule has 0 aromatic heterocycles. The fourth-order valence-corrected chi connectivity index (χ4v) is 2.95. The zero-order valence-corrected chi connectivity index (χ0v) is 13.4. The van der Waals surface area contributed by atoms with Crippen molar-refractivity contribution in [2.75, 3.05) is 20.2 Å². The fourth-order valence-electron chi connectivity index (χ4n) is 2.95. The molecule has 4 heteroatoms. The number of ether oxygens (including phenoxy) is 1. The first kappa shape index (κ1) is 17.3. The van der Waals surface area contributed by atoms with E-state index in [0.29, 0.717) is 6.04 Å². The lowest BCUT2D eigenvalue weighted by Gasteiger charge is -2.38. The zero-order valence-electron chi connectivity index (χ0n) is 12.5. The van der Waals surface area contributed by atoms with Crippen LogP contribution in [0.5, 0.6) is 5.75 Å². The van der Waals surface area contributed by atoms with Gasteiger partial charge < -0.3 is 10.5 Å². The Balaban J connectivity index is 0.00000200. The van der Waals surface area contributed by atoms with Crippen molar-refractivity contribution >= 4 is 12.4 Å². The first-order valence-electron chi connectivity index (χ1n) is 7.33. The molecular weight excluding hydrogens is 272 g/mol. The zero-order chi connectivity index (χ0) is 13.7. The summed E-state index contributed by atoms with van der Waals surface area (Å²) in [6.45, 7) is 4.44. The van der Waals surface area contributed by atoms with E-state index < -0.39 is 0 Å². The minimum atomic E-state index is 0. The van der Waals surface area contributed by atoms with Crippen LogP contribution in [0.2, 0.25) is 0 Å². The molecular formula is C16H27ClN2O. The van der Waals surface area contributed by atoms with Gasteiger partial charge in [0.05, 0.1) is 7.11 Å².